The second-order valence-corrected chi connectivity index (χ2v) is 8.19. The highest BCUT2D eigenvalue weighted by molar-refractivity contribution is 5.82. The van der Waals surface area contributed by atoms with Crippen LogP contribution in [-0.4, -0.2) is 54.0 Å². The van der Waals surface area contributed by atoms with Gasteiger partial charge in [-0.1, -0.05) is 11.3 Å². The number of hydrogen-bond donors (Lipinski definition) is 1. The van der Waals surface area contributed by atoms with E-state index < -0.39 is 12.1 Å². The predicted molar refractivity (Wildman–Crippen MR) is 118 cm³/mol. The second kappa shape index (κ2) is 8.25. The number of aliphatic hydroxyl groups excluding tert-OH is 1. The molecule has 164 valence electrons. The highest BCUT2D eigenvalue weighted by Crippen LogP contribution is 2.25. The molecule has 1 aromatic carbocycles. The average Bonchev–Trinajstić information content (AvgIpc) is 3.34. The maximum atomic E-state index is 13.3. The lowest BCUT2D eigenvalue weighted by molar-refractivity contribution is -0.0352. The molecule has 4 heterocycles. The van der Waals surface area contributed by atoms with Crippen molar-refractivity contribution in [3.05, 3.63) is 75.7 Å². The molecular weight excluding hydrogens is 408 g/mol. The Balaban J connectivity index is 1.52. The van der Waals surface area contributed by atoms with Crippen molar-refractivity contribution in [3.8, 4) is 5.82 Å². The van der Waals surface area contributed by atoms with Crippen LogP contribution in [0.15, 0.2) is 47.9 Å². The number of aromatic nitrogens is 6. The molecule has 32 heavy (non-hydrogen) atoms. The number of hydrogen-bond acceptors (Lipinski definition) is 7. The number of ether oxygens (including phenoxy) is 1. The van der Waals surface area contributed by atoms with Crippen molar-refractivity contribution in [3.63, 3.8) is 0 Å². The number of pyridine rings is 1. The van der Waals surface area contributed by atoms with Crippen LogP contribution in [0.4, 0.5) is 0 Å². The normalized spacial score (nSPS) is 18.8. The van der Waals surface area contributed by atoms with Crippen LogP contribution in [-0.2, 0) is 11.2 Å². The highest BCUT2D eigenvalue weighted by Gasteiger charge is 2.28. The van der Waals surface area contributed by atoms with E-state index in [1.807, 2.05) is 49.0 Å². The van der Waals surface area contributed by atoms with Gasteiger partial charge < -0.3 is 9.84 Å². The predicted octanol–water partition coefficient (Wildman–Crippen LogP) is 1.90. The molecule has 2 atom stereocenters. The Labute approximate surface area is 184 Å². The lowest BCUT2D eigenvalue weighted by Crippen LogP contribution is -2.41. The number of benzene rings is 1. The van der Waals surface area contributed by atoms with Crippen LogP contribution in [0, 0.1) is 13.8 Å². The van der Waals surface area contributed by atoms with Gasteiger partial charge in [0.05, 0.1) is 18.1 Å². The standard InChI is InChI=1S/C23H24N6O3/c1-14-15(2)22-18(23(31)29(27-26-22)19-12-32-8-5-20(19)30)10-17(14)9-16-3-4-21(25-11-16)28-7-6-24-13-28/h3-4,6-7,10-11,13,19-20,30H,5,8-9,12H2,1-2H3. The fraction of sp³-hybridized carbons (Fsp3) is 0.348. The number of fused-ring (bicyclic) bond motifs is 1. The Morgan fingerprint density at radius 2 is 2.12 bits per heavy atom. The summed E-state index contributed by atoms with van der Waals surface area (Å²) in [6.07, 6.45) is 7.53. The summed E-state index contributed by atoms with van der Waals surface area (Å²) in [5.74, 6) is 0.795. The minimum Gasteiger partial charge on any atom is -0.391 e. The van der Waals surface area contributed by atoms with Crippen molar-refractivity contribution in [2.45, 2.75) is 38.8 Å². The van der Waals surface area contributed by atoms with Gasteiger partial charge in [0.15, 0.2) is 0 Å². The molecule has 0 bridgehead atoms. The first-order valence-corrected chi connectivity index (χ1v) is 10.6. The molecule has 0 saturated carbocycles. The van der Waals surface area contributed by atoms with Gasteiger partial charge in [0.25, 0.3) is 5.56 Å². The van der Waals surface area contributed by atoms with Gasteiger partial charge in [-0.3, -0.25) is 9.36 Å². The molecule has 0 amide bonds. The summed E-state index contributed by atoms with van der Waals surface area (Å²) >= 11 is 0. The first-order chi connectivity index (χ1) is 15.5. The highest BCUT2D eigenvalue weighted by atomic mass is 16.5. The molecular formula is C23H24N6O3. The Morgan fingerprint density at radius 1 is 1.25 bits per heavy atom. The van der Waals surface area contributed by atoms with Crippen LogP contribution in [0.5, 0.6) is 0 Å². The first-order valence-electron chi connectivity index (χ1n) is 10.6. The van der Waals surface area contributed by atoms with Crippen LogP contribution in [0.1, 0.15) is 34.7 Å². The lowest BCUT2D eigenvalue weighted by atomic mass is 9.95. The second-order valence-electron chi connectivity index (χ2n) is 8.19. The average molecular weight is 432 g/mol. The van der Waals surface area contributed by atoms with E-state index >= 15 is 0 Å². The number of nitrogens with zero attached hydrogens (tertiary/aromatic N) is 6. The zero-order valence-electron chi connectivity index (χ0n) is 18.0. The van der Waals surface area contributed by atoms with Gasteiger partial charge in [-0.25, -0.2) is 14.6 Å². The van der Waals surface area contributed by atoms with Crippen LogP contribution in [0.3, 0.4) is 0 Å². The zero-order chi connectivity index (χ0) is 22.2. The van der Waals surface area contributed by atoms with Crippen LogP contribution < -0.4 is 5.56 Å². The third-order valence-electron chi connectivity index (χ3n) is 6.23. The molecule has 0 radical (unpaired) electrons. The SMILES string of the molecule is Cc1c(Cc2ccc(-n3ccnc3)nc2)cc2c(=O)n(C3COCCC3O)nnc2c1C. The third kappa shape index (κ3) is 3.59. The van der Waals surface area contributed by atoms with Gasteiger partial charge in [-0.2, -0.15) is 0 Å². The minimum absolute atomic E-state index is 0.244. The summed E-state index contributed by atoms with van der Waals surface area (Å²) in [5, 5.41) is 19.3. The molecule has 9 heteroatoms. The molecule has 5 rings (SSSR count). The van der Waals surface area contributed by atoms with Gasteiger partial charge in [0.1, 0.15) is 23.7 Å². The maximum absolute atomic E-state index is 13.3. The first kappa shape index (κ1) is 20.5. The Morgan fingerprint density at radius 3 is 2.84 bits per heavy atom. The lowest BCUT2D eigenvalue weighted by Gasteiger charge is -2.27. The summed E-state index contributed by atoms with van der Waals surface area (Å²) in [4.78, 5) is 21.9. The molecule has 0 aliphatic carbocycles. The molecule has 0 spiro atoms. The smallest absolute Gasteiger partial charge is 0.278 e. The summed E-state index contributed by atoms with van der Waals surface area (Å²) in [5.41, 5.74) is 4.40. The van der Waals surface area contributed by atoms with E-state index in [-0.39, 0.29) is 12.2 Å². The van der Waals surface area contributed by atoms with Crippen molar-refractivity contribution >= 4 is 10.9 Å². The fourth-order valence-electron chi connectivity index (χ4n) is 4.15. The Hall–Kier alpha value is -3.43. The monoisotopic (exact) mass is 432 g/mol. The van der Waals surface area contributed by atoms with E-state index in [1.54, 1.807) is 12.5 Å². The summed E-state index contributed by atoms with van der Waals surface area (Å²) in [6, 6.07) is 5.34. The molecule has 1 N–H and O–H groups in total. The van der Waals surface area contributed by atoms with E-state index in [2.05, 4.69) is 20.3 Å². The van der Waals surface area contributed by atoms with Gasteiger partial charge >= 0.3 is 0 Å². The molecule has 4 aromatic rings. The molecule has 3 aromatic heterocycles. The van der Waals surface area contributed by atoms with Crippen LogP contribution in [0.2, 0.25) is 0 Å². The van der Waals surface area contributed by atoms with Crippen molar-refractivity contribution in [1.29, 1.82) is 0 Å². The van der Waals surface area contributed by atoms with E-state index in [9.17, 15) is 9.90 Å². The van der Waals surface area contributed by atoms with E-state index in [0.29, 0.717) is 30.4 Å². The topological polar surface area (TPSA) is 108 Å². The van der Waals surface area contributed by atoms with Crippen LogP contribution in [0.25, 0.3) is 16.7 Å². The quantitative estimate of drug-likeness (QED) is 0.525. The molecule has 2 unspecified atom stereocenters. The summed E-state index contributed by atoms with van der Waals surface area (Å²) in [6.45, 7) is 4.71. The molecule has 1 fully saturated rings. The molecule has 1 aliphatic heterocycles. The number of rotatable bonds is 4. The van der Waals surface area contributed by atoms with Crippen molar-refractivity contribution < 1.29 is 9.84 Å². The third-order valence-corrected chi connectivity index (χ3v) is 6.23. The summed E-state index contributed by atoms with van der Waals surface area (Å²) in [7, 11) is 0. The van der Waals surface area contributed by atoms with Crippen molar-refractivity contribution in [2.24, 2.45) is 0 Å². The van der Waals surface area contributed by atoms with E-state index in [4.69, 9.17) is 4.74 Å². The Kier molecular flexibility index (Phi) is 5.28. The van der Waals surface area contributed by atoms with E-state index in [0.717, 1.165) is 28.1 Å². The molecule has 1 aliphatic rings. The van der Waals surface area contributed by atoms with Gasteiger partial charge in [-0.15, -0.1) is 5.10 Å². The van der Waals surface area contributed by atoms with Crippen molar-refractivity contribution in [1.82, 2.24) is 29.5 Å². The fourth-order valence-corrected chi connectivity index (χ4v) is 4.15. The number of aliphatic hydroxyl groups is 1. The zero-order valence-corrected chi connectivity index (χ0v) is 18.0. The number of imidazole rings is 1. The van der Waals surface area contributed by atoms with Crippen LogP contribution >= 0.6 is 0 Å². The Bertz CT molecular complexity index is 1310. The van der Waals surface area contributed by atoms with Gasteiger partial charge in [0.2, 0.25) is 0 Å². The van der Waals surface area contributed by atoms with Crippen molar-refractivity contribution in [2.75, 3.05) is 13.2 Å². The molecule has 9 nitrogen and oxygen atoms in total. The van der Waals surface area contributed by atoms with Gasteiger partial charge in [-0.05, 0) is 61.1 Å². The minimum atomic E-state index is -0.681. The largest absolute Gasteiger partial charge is 0.391 e. The van der Waals surface area contributed by atoms with E-state index in [1.165, 1.54) is 4.68 Å². The maximum Gasteiger partial charge on any atom is 0.278 e. The van der Waals surface area contributed by atoms with Gasteiger partial charge in [0, 0.05) is 25.2 Å². The molecule has 1 saturated heterocycles. The number of aryl methyl sites for hydroxylation is 1. The summed E-state index contributed by atoms with van der Waals surface area (Å²) < 4.78 is 8.57.